The molecule has 1 saturated carbocycles. The molecule has 1 nitrogen and oxygen atoms in total. The Hall–Kier alpha value is -0.980. The van der Waals surface area contributed by atoms with Crippen LogP contribution < -0.4 is 0 Å². The predicted octanol–water partition coefficient (Wildman–Crippen LogP) is 2.89. The first-order valence-electron chi connectivity index (χ1n) is 4.48. The summed E-state index contributed by atoms with van der Waals surface area (Å²) >= 11 is 0. The molecule has 0 saturated heterocycles. The third-order valence-corrected chi connectivity index (χ3v) is 2.49. The minimum atomic E-state index is 0.495. The van der Waals surface area contributed by atoms with E-state index in [2.05, 4.69) is 13.0 Å². The molecular weight excluding hydrogens is 148 g/mol. The van der Waals surface area contributed by atoms with Gasteiger partial charge in [0, 0.05) is 0 Å². The third-order valence-electron chi connectivity index (χ3n) is 2.49. The molecule has 1 aromatic carbocycles. The first kappa shape index (κ1) is 7.66. The number of aromatic hydroxyl groups is 1. The highest BCUT2D eigenvalue weighted by Gasteiger charge is 2.27. The van der Waals surface area contributed by atoms with Crippen LogP contribution >= 0.6 is 0 Å². The molecule has 1 aliphatic carbocycles. The third kappa shape index (κ3) is 1.20. The molecule has 2 rings (SSSR count). The van der Waals surface area contributed by atoms with Crippen LogP contribution in [0.2, 0.25) is 0 Å². The molecule has 1 N–H and O–H groups in total. The lowest BCUT2D eigenvalue weighted by molar-refractivity contribution is 0.467. The van der Waals surface area contributed by atoms with E-state index in [-0.39, 0.29) is 0 Å². The van der Waals surface area contributed by atoms with Crippen molar-refractivity contribution < 1.29 is 5.11 Å². The molecule has 0 spiro atoms. The molecule has 0 heterocycles. The van der Waals surface area contributed by atoms with Crippen molar-refractivity contribution >= 4 is 0 Å². The van der Waals surface area contributed by atoms with Crippen LogP contribution in [0.15, 0.2) is 12.1 Å². The summed E-state index contributed by atoms with van der Waals surface area (Å²) in [4.78, 5) is 0. The Morgan fingerprint density at radius 1 is 1.25 bits per heavy atom. The van der Waals surface area contributed by atoms with Gasteiger partial charge in [0.05, 0.1) is 0 Å². The van der Waals surface area contributed by atoms with E-state index in [0.29, 0.717) is 11.7 Å². The van der Waals surface area contributed by atoms with Crippen LogP contribution in [-0.2, 0) is 0 Å². The number of hydrogen-bond acceptors (Lipinski definition) is 1. The highest BCUT2D eigenvalue weighted by Crippen LogP contribution is 2.45. The van der Waals surface area contributed by atoms with Gasteiger partial charge in [0.1, 0.15) is 5.75 Å². The molecule has 0 radical (unpaired) electrons. The molecule has 12 heavy (non-hydrogen) atoms. The average molecular weight is 162 g/mol. The number of aryl methyl sites for hydroxylation is 2. The summed E-state index contributed by atoms with van der Waals surface area (Å²) in [5, 5.41) is 9.68. The van der Waals surface area contributed by atoms with Gasteiger partial charge < -0.3 is 5.11 Å². The van der Waals surface area contributed by atoms with Crippen molar-refractivity contribution in [1.29, 1.82) is 0 Å². The minimum Gasteiger partial charge on any atom is -0.508 e. The van der Waals surface area contributed by atoms with E-state index in [4.69, 9.17) is 0 Å². The van der Waals surface area contributed by atoms with Gasteiger partial charge in [0.25, 0.3) is 0 Å². The van der Waals surface area contributed by atoms with Gasteiger partial charge in [-0.2, -0.15) is 0 Å². The molecule has 0 bridgehead atoms. The summed E-state index contributed by atoms with van der Waals surface area (Å²) in [6, 6.07) is 4.01. The maximum atomic E-state index is 9.68. The Labute approximate surface area is 73.0 Å². The Bertz CT molecular complexity index is 288. The van der Waals surface area contributed by atoms with Gasteiger partial charge in [-0.15, -0.1) is 0 Å². The van der Waals surface area contributed by atoms with Crippen LogP contribution in [0, 0.1) is 13.8 Å². The molecule has 1 heteroatoms. The first-order valence-corrected chi connectivity index (χ1v) is 4.48. The molecule has 1 fully saturated rings. The maximum Gasteiger partial charge on any atom is 0.119 e. The summed E-state index contributed by atoms with van der Waals surface area (Å²) in [7, 11) is 0. The van der Waals surface area contributed by atoms with Gasteiger partial charge in [-0.3, -0.25) is 0 Å². The lowest BCUT2D eigenvalue weighted by Crippen LogP contribution is -1.88. The fourth-order valence-corrected chi connectivity index (χ4v) is 1.86. The number of benzene rings is 1. The van der Waals surface area contributed by atoms with Crippen molar-refractivity contribution in [2.75, 3.05) is 0 Å². The SMILES string of the molecule is Cc1cc(C)c(C2CC2)c(O)c1. The Morgan fingerprint density at radius 2 is 1.92 bits per heavy atom. The van der Waals surface area contributed by atoms with Crippen molar-refractivity contribution in [3.63, 3.8) is 0 Å². The second-order valence-electron chi connectivity index (χ2n) is 3.79. The monoisotopic (exact) mass is 162 g/mol. The van der Waals surface area contributed by atoms with E-state index >= 15 is 0 Å². The van der Waals surface area contributed by atoms with E-state index < -0.39 is 0 Å². The smallest absolute Gasteiger partial charge is 0.119 e. The quantitative estimate of drug-likeness (QED) is 0.673. The van der Waals surface area contributed by atoms with Crippen molar-refractivity contribution in [3.8, 4) is 5.75 Å². The fourth-order valence-electron chi connectivity index (χ4n) is 1.86. The topological polar surface area (TPSA) is 20.2 Å². The highest BCUT2D eigenvalue weighted by molar-refractivity contribution is 5.45. The zero-order valence-electron chi connectivity index (χ0n) is 7.59. The highest BCUT2D eigenvalue weighted by atomic mass is 16.3. The Morgan fingerprint density at radius 3 is 2.42 bits per heavy atom. The normalized spacial score (nSPS) is 16.5. The zero-order valence-corrected chi connectivity index (χ0v) is 7.59. The van der Waals surface area contributed by atoms with Crippen LogP contribution in [0.3, 0.4) is 0 Å². The number of hydrogen-bond donors (Lipinski definition) is 1. The van der Waals surface area contributed by atoms with Gasteiger partial charge in [-0.05, 0) is 55.4 Å². The molecule has 0 amide bonds. The molecule has 1 aromatic rings. The molecule has 0 aromatic heterocycles. The molecule has 1 aliphatic rings. The Balaban J connectivity index is 2.51. The van der Waals surface area contributed by atoms with E-state index in [0.717, 1.165) is 5.56 Å². The van der Waals surface area contributed by atoms with Crippen LogP contribution in [0.4, 0.5) is 0 Å². The Kier molecular flexibility index (Phi) is 1.60. The number of rotatable bonds is 1. The lowest BCUT2D eigenvalue weighted by atomic mass is 10.0. The van der Waals surface area contributed by atoms with Crippen LogP contribution in [-0.4, -0.2) is 5.11 Å². The van der Waals surface area contributed by atoms with Gasteiger partial charge >= 0.3 is 0 Å². The summed E-state index contributed by atoms with van der Waals surface area (Å²) in [5.41, 5.74) is 3.57. The number of phenolic OH excluding ortho intramolecular Hbond substituents is 1. The van der Waals surface area contributed by atoms with Crippen molar-refractivity contribution in [3.05, 3.63) is 28.8 Å². The molecule has 0 atom stereocenters. The standard InChI is InChI=1S/C11H14O/c1-7-5-8(2)11(9-3-4-9)10(12)6-7/h5-6,9,12H,3-4H2,1-2H3. The average Bonchev–Trinajstić information content (AvgIpc) is 2.68. The maximum absolute atomic E-state index is 9.68. The van der Waals surface area contributed by atoms with Crippen molar-refractivity contribution in [1.82, 2.24) is 0 Å². The van der Waals surface area contributed by atoms with Crippen LogP contribution in [0.5, 0.6) is 5.75 Å². The van der Waals surface area contributed by atoms with Gasteiger partial charge in [-0.25, -0.2) is 0 Å². The minimum absolute atomic E-state index is 0.495. The van der Waals surface area contributed by atoms with E-state index in [1.54, 1.807) is 0 Å². The van der Waals surface area contributed by atoms with E-state index in [9.17, 15) is 5.11 Å². The largest absolute Gasteiger partial charge is 0.508 e. The molecular formula is C11H14O. The summed E-state index contributed by atoms with van der Waals surface area (Å²) in [5.74, 6) is 1.14. The second-order valence-corrected chi connectivity index (χ2v) is 3.79. The van der Waals surface area contributed by atoms with E-state index in [1.165, 1.54) is 24.0 Å². The summed E-state index contributed by atoms with van der Waals surface area (Å²) < 4.78 is 0. The zero-order chi connectivity index (χ0) is 8.72. The van der Waals surface area contributed by atoms with Crippen molar-refractivity contribution in [2.45, 2.75) is 32.6 Å². The second kappa shape index (κ2) is 2.51. The van der Waals surface area contributed by atoms with Crippen LogP contribution in [0.25, 0.3) is 0 Å². The predicted molar refractivity (Wildman–Crippen MR) is 49.6 cm³/mol. The van der Waals surface area contributed by atoms with Crippen LogP contribution in [0.1, 0.15) is 35.4 Å². The lowest BCUT2D eigenvalue weighted by Gasteiger charge is -2.07. The van der Waals surface area contributed by atoms with Gasteiger partial charge in [0.2, 0.25) is 0 Å². The van der Waals surface area contributed by atoms with Gasteiger partial charge in [-0.1, -0.05) is 6.07 Å². The summed E-state index contributed by atoms with van der Waals surface area (Å²) in [6.07, 6.45) is 2.49. The number of phenols is 1. The van der Waals surface area contributed by atoms with Gasteiger partial charge in [0.15, 0.2) is 0 Å². The fraction of sp³-hybridized carbons (Fsp3) is 0.455. The van der Waals surface area contributed by atoms with Crippen molar-refractivity contribution in [2.24, 2.45) is 0 Å². The molecule has 0 aliphatic heterocycles. The first-order chi connectivity index (χ1) is 5.68. The van der Waals surface area contributed by atoms with E-state index in [1.807, 2.05) is 13.0 Å². The molecule has 64 valence electrons. The summed E-state index contributed by atoms with van der Waals surface area (Å²) in [6.45, 7) is 4.10. The molecule has 0 unspecified atom stereocenters.